The molecule has 0 bridgehead atoms. The van der Waals surface area contributed by atoms with E-state index in [4.69, 9.17) is 0 Å². The first-order valence-corrected chi connectivity index (χ1v) is 3.87. The molecule has 2 aromatic heterocycles. The predicted molar refractivity (Wildman–Crippen MR) is 44.2 cm³/mol. The molecule has 11 heavy (non-hydrogen) atoms. The third-order valence-corrected chi connectivity index (χ3v) is 1.93. The Morgan fingerprint density at radius 1 is 1.45 bits per heavy atom. The quantitative estimate of drug-likeness (QED) is 0.589. The molecule has 0 saturated carbocycles. The number of fused-ring (bicyclic) bond motifs is 1. The molecule has 0 aliphatic heterocycles. The molecule has 0 amide bonds. The summed E-state index contributed by atoms with van der Waals surface area (Å²) >= 11 is 0. The van der Waals surface area contributed by atoms with E-state index in [-0.39, 0.29) is 0 Å². The minimum absolute atomic E-state index is 1.01. The van der Waals surface area contributed by atoms with Crippen molar-refractivity contribution in [2.75, 3.05) is 0 Å². The first-order valence-electron chi connectivity index (χ1n) is 3.87. The molecule has 0 unspecified atom stereocenters. The van der Waals surface area contributed by atoms with Gasteiger partial charge in [0.1, 0.15) is 0 Å². The standard InChI is InChI=1S/C9H10N2/c1-2-11-7-3-4-8-5-6-10-9(8)11/h3-7H,2H2,1H3/p+1. The molecule has 0 aliphatic carbocycles. The number of nitrogens with one attached hydrogen (secondary N) is 1. The van der Waals surface area contributed by atoms with Gasteiger partial charge in [-0.05, 0) is 25.1 Å². The number of rotatable bonds is 1. The maximum absolute atomic E-state index is 3.20. The van der Waals surface area contributed by atoms with Crippen molar-refractivity contribution in [3.05, 3.63) is 30.6 Å². The van der Waals surface area contributed by atoms with Crippen LogP contribution in [0.15, 0.2) is 30.6 Å². The van der Waals surface area contributed by atoms with Crippen molar-refractivity contribution in [2.24, 2.45) is 0 Å². The van der Waals surface area contributed by atoms with Gasteiger partial charge in [0.15, 0.2) is 0 Å². The third-order valence-electron chi connectivity index (χ3n) is 1.93. The summed E-state index contributed by atoms with van der Waals surface area (Å²) in [4.78, 5) is 3.20. The van der Waals surface area contributed by atoms with Crippen LogP contribution in [0.25, 0.3) is 11.0 Å². The third kappa shape index (κ3) is 0.909. The van der Waals surface area contributed by atoms with Crippen LogP contribution < -0.4 is 4.57 Å². The van der Waals surface area contributed by atoms with Gasteiger partial charge in [0.05, 0.1) is 24.3 Å². The lowest BCUT2D eigenvalue weighted by atomic mass is 10.3. The van der Waals surface area contributed by atoms with Crippen molar-refractivity contribution in [1.82, 2.24) is 4.98 Å². The Morgan fingerprint density at radius 3 is 3.18 bits per heavy atom. The summed E-state index contributed by atoms with van der Waals surface area (Å²) in [5.41, 5.74) is 1.20. The molecule has 2 heterocycles. The van der Waals surface area contributed by atoms with Crippen molar-refractivity contribution < 1.29 is 4.57 Å². The minimum Gasteiger partial charge on any atom is -0.247 e. The number of hydrogen-bond donors (Lipinski definition) is 1. The number of hydrogen-bond acceptors (Lipinski definition) is 0. The van der Waals surface area contributed by atoms with Crippen LogP contribution in [0.1, 0.15) is 6.92 Å². The summed E-state index contributed by atoms with van der Waals surface area (Å²) < 4.78 is 2.19. The van der Waals surface area contributed by atoms with Gasteiger partial charge in [-0.3, -0.25) is 0 Å². The van der Waals surface area contributed by atoms with E-state index in [2.05, 4.69) is 40.9 Å². The molecule has 0 radical (unpaired) electrons. The Hall–Kier alpha value is -1.31. The number of aromatic amines is 1. The van der Waals surface area contributed by atoms with Crippen molar-refractivity contribution in [3.63, 3.8) is 0 Å². The van der Waals surface area contributed by atoms with Gasteiger partial charge in [-0.15, -0.1) is 0 Å². The molecule has 56 valence electrons. The van der Waals surface area contributed by atoms with Crippen LogP contribution in [-0.2, 0) is 6.54 Å². The second-order valence-electron chi connectivity index (χ2n) is 2.58. The van der Waals surface area contributed by atoms with Crippen LogP contribution in [0.5, 0.6) is 0 Å². The summed E-state index contributed by atoms with van der Waals surface area (Å²) in [6.45, 7) is 3.15. The van der Waals surface area contributed by atoms with Crippen LogP contribution in [-0.4, -0.2) is 4.98 Å². The van der Waals surface area contributed by atoms with Gasteiger partial charge < -0.3 is 0 Å². The minimum atomic E-state index is 1.01. The molecular weight excluding hydrogens is 136 g/mol. The van der Waals surface area contributed by atoms with E-state index in [9.17, 15) is 0 Å². The number of H-pyrrole nitrogens is 1. The number of pyridine rings is 1. The van der Waals surface area contributed by atoms with Crippen molar-refractivity contribution in [3.8, 4) is 0 Å². The second kappa shape index (κ2) is 2.38. The highest BCUT2D eigenvalue weighted by Crippen LogP contribution is 2.05. The Bertz CT molecular complexity index is 362. The molecule has 0 atom stereocenters. The van der Waals surface area contributed by atoms with E-state index < -0.39 is 0 Å². The van der Waals surface area contributed by atoms with Gasteiger partial charge in [0.25, 0.3) is 5.65 Å². The van der Waals surface area contributed by atoms with Crippen LogP contribution in [0.2, 0.25) is 0 Å². The lowest BCUT2D eigenvalue weighted by Crippen LogP contribution is -2.32. The zero-order chi connectivity index (χ0) is 7.68. The molecule has 0 fully saturated rings. The summed E-state index contributed by atoms with van der Waals surface area (Å²) in [5, 5.41) is 1.27. The Morgan fingerprint density at radius 2 is 2.36 bits per heavy atom. The normalized spacial score (nSPS) is 10.6. The summed E-state index contributed by atoms with van der Waals surface area (Å²) in [5.74, 6) is 0. The average Bonchev–Trinajstić information content (AvgIpc) is 2.50. The summed E-state index contributed by atoms with van der Waals surface area (Å²) in [7, 11) is 0. The van der Waals surface area contributed by atoms with Gasteiger partial charge in [0.2, 0.25) is 0 Å². The fraction of sp³-hybridized carbons (Fsp3) is 0.222. The van der Waals surface area contributed by atoms with E-state index in [0.29, 0.717) is 0 Å². The zero-order valence-electron chi connectivity index (χ0n) is 6.54. The highest BCUT2D eigenvalue weighted by molar-refractivity contribution is 5.71. The average molecular weight is 147 g/mol. The molecule has 0 spiro atoms. The monoisotopic (exact) mass is 147 g/mol. The molecular formula is C9H11N2+. The molecule has 0 saturated heterocycles. The lowest BCUT2D eigenvalue weighted by molar-refractivity contribution is -0.669. The van der Waals surface area contributed by atoms with Crippen LogP contribution in [0.3, 0.4) is 0 Å². The first kappa shape index (κ1) is 6.40. The van der Waals surface area contributed by atoms with E-state index in [1.54, 1.807) is 0 Å². The molecule has 2 rings (SSSR count). The van der Waals surface area contributed by atoms with Gasteiger partial charge in [0, 0.05) is 0 Å². The molecule has 2 aromatic rings. The largest absolute Gasteiger partial charge is 0.286 e. The van der Waals surface area contributed by atoms with Gasteiger partial charge >= 0.3 is 0 Å². The maximum Gasteiger partial charge on any atom is 0.286 e. The molecule has 2 nitrogen and oxygen atoms in total. The van der Waals surface area contributed by atoms with E-state index in [1.807, 2.05) is 6.20 Å². The van der Waals surface area contributed by atoms with Gasteiger partial charge in [-0.1, -0.05) is 0 Å². The Kier molecular flexibility index (Phi) is 1.39. The van der Waals surface area contributed by atoms with Crippen molar-refractivity contribution in [1.29, 1.82) is 0 Å². The fourth-order valence-corrected chi connectivity index (χ4v) is 1.34. The maximum atomic E-state index is 3.20. The Balaban J connectivity index is 2.79. The topological polar surface area (TPSA) is 19.7 Å². The van der Waals surface area contributed by atoms with Crippen molar-refractivity contribution >= 4 is 11.0 Å². The lowest BCUT2D eigenvalue weighted by Gasteiger charge is -1.94. The molecule has 0 aromatic carbocycles. The number of nitrogens with zero attached hydrogens (tertiary/aromatic N) is 1. The van der Waals surface area contributed by atoms with Gasteiger partial charge in [-0.2, -0.15) is 0 Å². The number of aromatic nitrogens is 2. The Labute approximate surface area is 65.5 Å². The van der Waals surface area contributed by atoms with Crippen LogP contribution in [0.4, 0.5) is 0 Å². The van der Waals surface area contributed by atoms with Crippen LogP contribution in [0, 0.1) is 0 Å². The summed E-state index contributed by atoms with van der Waals surface area (Å²) in [6, 6.07) is 6.26. The van der Waals surface area contributed by atoms with E-state index in [1.165, 1.54) is 11.0 Å². The van der Waals surface area contributed by atoms with Crippen molar-refractivity contribution in [2.45, 2.75) is 13.5 Å². The first-order chi connectivity index (χ1) is 5.42. The summed E-state index contributed by atoms with van der Waals surface area (Å²) in [6.07, 6.45) is 4.05. The highest BCUT2D eigenvalue weighted by atomic mass is 15.0. The fourth-order valence-electron chi connectivity index (χ4n) is 1.34. The SMILES string of the molecule is CC[n+]1cccc2cc[nH]c21. The van der Waals surface area contributed by atoms with Gasteiger partial charge in [-0.25, -0.2) is 9.55 Å². The van der Waals surface area contributed by atoms with E-state index >= 15 is 0 Å². The highest BCUT2D eigenvalue weighted by Gasteiger charge is 2.03. The number of aryl methyl sites for hydroxylation is 1. The predicted octanol–water partition coefficient (Wildman–Crippen LogP) is 1.48. The molecule has 0 aliphatic rings. The van der Waals surface area contributed by atoms with Crippen LogP contribution >= 0.6 is 0 Å². The van der Waals surface area contributed by atoms with E-state index in [0.717, 1.165) is 6.54 Å². The molecule has 2 heteroatoms. The molecule has 1 N–H and O–H groups in total. The zero-order valence-corrected chi connectivity index (χ0v) is 6.54. The second-order valence-corrected chi connectivity index (χ2v) is 2.58. The smallest absolute Gasteiger partial charge is 0.247 e.